The number of carbonyl (C=O) groups excluding carboxylic acids is 3. The summed E-state index contributed by atoms with van der Waals surface area (Å²) in [7, 11) is 2.69. The first-order valence-corrected chi connectivity index (χ1v) is 7.18. The number of hydrogen-bond acceptors (Lipinski definition) is 6. The summed E-state index contributed by atoms with van der Waals surface area (Å²) < 4.78 is 8.80. The Kier molecular flexibility index (Phi) is 15.7. The van der Waals surface area contributed by atoms with Gasteiger partial charge < -0.3 is 19.4 Å². The molecule has 1 N–H and O–H groups in total. The number of aliphatic carboxylic acids is 1. The van der Waals surface area contributed by atoms with Gasteiger partial charge in [0, 0.05) is 25.7 Å². The summed E-state index contributed by atoms with van der Waals surface area (Å²) in [6.07, 6.45) is 4.06. The van der Waals surface area contributed by atoms with Gasteiger partial charge in [-0.1, -0.05) is 0 Å². The molecule has 0 atom stereocenters. The molecule has 0 saturated carbocycles. The molecule has 0 aromatic rings. The van der Waals surface area contributed by atoms with Gasteiger partial charge in [-0.25, -0.2) is 0 Å². The zero-order valence-electron chi connectivity index (χ0n) is 13.6. The maximum absolute atomic E-state index is 10.5. The Morgan fingerprint density at radius 1 is 0.727 bits per heavy atom. The summed E-state index contributed by atoms with van der Waals surface area (Å²) in [4.78, 5) is 41.5. The minimum atomic E-state index is -0.824. The van der Waals surface area contributed by atoms with Crippen molar-refractivity contribution in [1.82, 2.24) is 0 Å². The third kappa shape index (κ3) is 20.4. The number of esters is 2. The molecule has 7 nitrogen and oxygen atoms in total. The molecule has 0 saturated heterocycles. The molecule has 0 aliphatic heterocycles. The number of Topliss-reactive ketones (excluding diaryl/α,β-unsaturated/α-hetero) is 1. The van der Waals surface area contributed by atoms with E-state index in [2.05, 4.69) is 9.47 Å². The Labute approximate surface area is 131 Å². The molecule has 0 bridgehead atoms. The predicted octanol–water partition coefficient (Wildman–Crippen LogP) is 2.11. The second-order valence-electron chi connectivity index (χ2n) is 4.66. The normalized spacial score (nSPS) is 9.23. The van der Waals surface area contributed by atoms with Crippen LogP contribution in [0.4, 0.5) is 0 Å². The highest BCUT2D eigenvalue weighted by Crippen LogP contribution is 2.01. The molecule has 7 heteroatoms. The van der Waals surface area contributed by atoms with Gasteiger partial charge in [0.15, 0.2) is 0 Å². The predicted molar refractivity (Wildman–Crippen MR) is 79.3 cm³/mol. The zero-order valence-corrected chi connectivity index (χ0v) is 13.6. The molecule has 0 aliphatic rings. The minimum Gasteiger partial charge on any atom is -0.481 e. The van der Waals surface area contributed by atoms with E-state index in [9.17, 15) is 19.2 Å². The van der Waals surface area contributed by atoms with Crippen molar-refractivity contribution in [1.29, 1.82) is 0 Å². The molecular weight excluding hydrogens is 292 g/mol. The van der Waals surface area contributed by atoms with Gasteiger partial charge in [0.25, 0.3) is 0 Å². The van der Waals surface area contributed by atoms with Crippen LogP contribution in [0, 0.1) is 0 Å². The second-order valence-corrected chi connectivity index (χ2v) is 4.66. The molecule has 0 aromatic carbocycles. The van der Waals surface area contributed by atoms with E-state index < -0.39 is 5.97 Å². The van der Waals surface area contributed by atoms with Crippen LogP contribution < -0.4 is 0 Å². The van der Waals surface area contributed by atoms with Crippen LogP contribution in [-0.4, -0.2) is 43.0 Å². The number of ketones is 1. The van der Waals surface area contributed by atoms with Crippen LogP contribution in [0.3, 0.4) is 0 Å². The first-order valence-electron chi connectivity index (χ1n) is 7.18. The maximum atomic E-state index is 10.5. The van der Waals surface area contributed by atoms with E-state index >= 15 is 0 Å². The number of ether oxygens (including phenoxy) is 2. The third-order valence-electron chi connectivity index (χ3n) is 2.64. The fourth-order valence-electron chi connectivity index (χ4n) is 1.39. The van der Waals surface area contributed by atoms with Gasteiger partial charge >= 0.3 is 17.9 Å². The average Bonchev–Trinajstić information content (AvgIpc) is 2.47. The number of unbranched alkanes of at least 4 members (excludes halogenated alkanes) is 2. The molecule has 0 radical (unpaired) electrons. The van der Waals surface area contributed by atoms with Gasteiger partial charge in [-0.2, -0.15) is 0 Å². The quantitative estimate of drug-likeness (QED) is 0.485. The second kappa shape index (κ2) is 15.5. The summed E-state index contributed by atoms with van der Waals surface area (Å²) in [5, 5.41) is 8.22. The highest BCUT2D eigenvalue weighted by Gasteiger charge is 2.01. The van der Waals surface area contributed by atoms with Crippen LogP contribution in [-0.2, 0) is 28.7 Å². The minimum absolute atomic E-state index is 0.122. The molecule has 0 spiro atoms. The van der Waals surface area contributed by atoms with Crippen molar-refractivity contribution in [2.45, 2.75) is 58.3 Å². The summed E-state index contributed by atoms with van der Waals surface area (Å²) in [6, 6.07) is 0. The smallest absolute Gasteiger partial charge is 0.305 e. The van der Waals surface area contributed by atoms with Crippen molar-refractivity contribution in [2.75, 3.05) is 14.2 Å². The number of carboxylic acids is 1. The molecular formula is C15H26O7. The lowest BCUT2D eigenvalue weighted by Gasteiger charge is -1.97. The Morgan fingerprint density at radius 3 is 1.41 bits per heavy atom. The molecule has 0 aromatic heterocycles. The van der Waals surface area contributed by atoms with Gasteiger partial charge in [-0.3, -0.25) is 14.4 Å². The SMILES string of the molecule is COC(=O)CCCCC(=O)O.COC(=O)CCCCC(C)=O. The van der Waals surface area contributed by atoms with E-state index in [1.807, 2.05) is 0 Å². The molecule has 0 rings (SSSR count). The lowest BCUT2D eigenvalue weighted by molar-refractivity contribution is -0.141. The molecule has 0 unspecified atom stereocenters. The molecule has 0 aliphatic carbocycles. The van der Waals surface area contributed by atoms with E-state index in [1.54, 1.807) is 6.92 Å². The first kappa shape index (κ1) is 22.4. The molecule has 22 heavy (non-hydrogen) atoms. The summed E-state index contributed by atoms with van der Waals surface area (Å²) in [5.41, 5.74) is 0. The van der Waals surface area contributed by atoms with Crippen LogP contribution in [0.2, 0.25) is 0 Å². The maximum Gasteiger partial charge on any atom is 0.305 e. The monoisotopic (exact) mass is 318 g/mol. The van der Waals surface area contributed by atoms with Crippen LogP contribution in [0.15, 0.2) is 0 Å². The van der Waals surface area contributed by atoms with Crippen molar-refractivity contribution in [2.24, 2.45) is 0 Å². The van der Waals surface area contributed by atoms with Crippen molar-refractivity contribution < 1.29 is 33.8 Å². The molecule has 0 amide bonds. The van der Waals surface area contributed by atoms with E-state index in [1.165, 1.54) is 14.2 Å². The Morgan fingerprint density at radius 2 is 1.09 bits per heavy atom. The number of carbonyl (C=O) groups is 4. The number of rotatable bonds is 10. The van der Waals surface area contributed by atoms with E-state index in [-0.39, 0.29) is 24.1 Å². The van der Waals surface area contributed by atoms with Crippen LogP contribution in [0.25, 0.3) is 0 Å². The lowest BCUT2D eigenvalue weighted by atomic mass is 10.1. The van der Waals surface area contributed by atoms with E-state index in [4.69, 9.17) is 5.11 Å². The summed E-state index contributed by atoms with van der Waals surface area (Å²) in [5.74, 6) is -1.13. The van der Waals surface area contributed by atoms with Gasteiger partial charge in [0.1, 0.15) is 5.78 Å². The standard InChI is InChI=1S/C8H14O3.C7H12O4/c1-7(9)5-3-4-6-8(10)11-2;1-11-7(10)5-3-2-4-6(8)9/h3-6H2,1-2H3;2-5H2,1H3,(H,8,9). The number of hydrogen-bond donors (Lipinski definition) is 1. The number of methoxy groups -OCH3 is 2. The van der Waals surface area contributed by atoms with Crippen LogP contribution in [0.5, 0.6) is 0 Å². The zero-order chi connectivity index (χ0) is 17.4. The highest BCUT2D eigenvalue weighted by atomic mass is 16.5. The van der Waals surface area contributed by atoms with Crippen LogP contribution >= 0.6 is 0 Å². The topological polar surface area (TPSA) is 107 Å². The van der Waals surface area contributed by atoms with Gasteiger partial charge in [0.05, 0.1) is 14.2 Å². The Balaban J connectivity index is 0. The Hall–Kier alpha value is -1.92. The van der Waals surface area contributed by atoms with Crippen molar-refractivity contribution in [3.63, 3.8) is 0 Å². The van der Waals surface area contributed by atoms with Gasteiger partial charge in [0.2, 0.25) is 0 Å². The van der Waals surface area contributed by atoms with Crippen molar-refractivity contribution >= 4 is 23.7 Å². The van der Waals surface area contributed by atoms with Gasteiger partial charge in [-0.15, -0.1) is 0 Å². The number of carboxylic acid groups (broad SMARTS) is 1. The largest absolute Gasteiger partial charge is 0.481 e. The van der Waals surface area contributed by atoms with E-state index in [0.717, 1.165) is 12.8 Å². The fourth-order valence-corrected chi connectivity index (χ4v) is 1.39. The average molecular weight is 318 g/mol. The fraction of sp³-hybridized carbons (Fsp3) is 0.733. The summed E-state index contributed by atoms with van der Waals surface area (Å²) >= 11 is 0. The van der Waals surface area contributed by atoms with Crippen molar-refractivity contribution in [3.8, 4) is 0 Å². The molecule has 0 fully saturated rings. The van der Waals surface area contributed by atoms with Crippen molar-refractivity contribution in [3.05, 3.63) is 0 Å². The molecule has 0 heterocycles. The highest BCUT2D eigenvalue weighted by molar-refractivity contribution is 5.75. The summed E-state index contributed by atoms with van der Waals surface area (Å²) in [6.45, 7) is 1.55. The van der Waals surface area contributed by atoms with E-state index in [0.29, 0.717) is 32.1 Å². The molecule has 128 valence electrons. The van der Waals surface area contributed by atoms with Crippen LogP contribution in [0.1, 0.15) is 58.3 Å². The van der Waals surface area contributed by atoms with Gasteiger partial charge in [-0.05, 0) is 32.6 Å². The Bertz CT molecular complexity index is 316. The first-order chi connectivity index (χ1) is 10.3. The lowest BCUT2D eigenvalue weighted by Crippen LogP contribution is -2.00. The third-order valence-corrected chi connectivity index (χ3v) is 2.64.